The quantitative estimate of drug-likeness (QED) is 0.529. The second-order valence-corrected chi connectivity index (χ2v) is 7.50. The van der Waals surface area contributed by atoms with Crippen LogP contribution < -0.4 is 11.1 Å². The van der Waals surface area contributed by atoms with Crippen molar-refractivity contribution in [3.8, 4) is 5.69 Å². The van der Waals surface area contributed by atoms with E-state index in [0.717, 1.165) is 11.8 Å². The molecule has 1 aliphatic rings. The molecule has 0 bridgehead atoms. The zero-order valence-corrected chi connectivity index (χ0v) is 16.6. The molecule has 0 saturated carbocycles. The van der Waals surface area contributed by atoms with Gasteiger partial charge in [-0.2, -0.15) is 5.10 Å². The molecule has 1 fully saturated rings. The van der Waals surface area contributed by atoms with Crippen LogP contribution in [0.5, 0.6) is 0 Å². The van der Waals surface area contributed by atoms with Gasteiger partial charge in [-0.25, -0.2) is 19.0 Å². The van der Waals surface area contributed by atoms with Gasteiger partial charge in [-0.3, -0.25) is 4.79 Å². The fraction of sp³-hybridized carbons (Fsp3) is 0.182. The SMILES string of the molecule is NC1CCN(C(=O)c2ccc3cnc(Nc4ccc(-n5cccn5)cc4F)cc3n2)C1. The van der Waals surface area contributed by atoms with Gasteiger partial charge in [0.05, 0.1) is 16.9 Å². The Hall–Kier alpha value is -3.85. The molecule has 8 nitrogen and oxygen atoms in total. The molecule has 3 N–H and O–H groups in total. The minimum absolute atomic E-state index is 0.0130. The summed E-state index contributed by atoms with van der Waals surface area (Å²) in [4.78, 5) is 23.3. The van der Waals surface area contributed by atoms with Gasteiger partial charge in [-0.05, 0) is 36.8 Å². The van der Waals surface area contributed by atoms with Crippen molar-refractivity contribution >= 4 is 28.3 Å². The van der Waals surface area contributed by atoms with E-state index in [2.05, 4.69) is 20.4 Å². The van der Waals surface area contributed by atoms with Crippen molar-refractivity contribution in [1.29, 1.82) is 0 Å². The van der Waals surface area contributed by atoms with Crippen molar-refractivity contribution in [2.75, 3.05) is 18.4 Å². The number of hydrogen-bond donors (Lipinski definition) is 2. The zero-order valence-electron chi connectivity index (χ0n) is 16.6. The summed E-state index contributed by atoms with van der Waals surface area (Å²) in [5.74, 6) is -0.142. The highest BCUT2D eigenvalue weighted by molar-refractivity contribution is 5.95. The number of anilines is 2. The van der Waals surface area contributed by atoms with Gasteiger partial charge in [0.2, 0.25) is 0 Å². The number of fused-ring (bicyclic) bond motifs is 1. The molecule has 1 aliphatic heterocycles. The lowest BCUT2D eigenvalue weighted by Gasteiger charge is -2.15. The first-order chi connectivity index (χ1) is 15.1. The maximum Gasteiger partial charge on any atom is 0.272 e. The smallest absolute Gasteiger partial charge is 0.272 e. The third-order valence-corrected chi connectivity index (χ3v) is 5.29. The number of benzene rings is 1. The lowest BCUT2D eigenvalue weighted by atomic mass is 10.2. The van der Waals surface area contributed by atoms with Crippen LogP contribution in [0.3, 0.4) is 0 Å². The Morgan fingerprint density at radius 1 is 1.23 bits per heavy atom. The van der Waals surface area contributed by atoms with Crippen LogP contribution in [0.1, 0.15) is 16.9 Å². The Morgan fingerprint density at radius 3 is 2.87 bits per heavy atom. The van der Waals surface area contributed by atoms with Gasteiger partial charge >= 0.3 is 0 Å². The van der Waals surface area contributed by atoms with E-state index in [4.69, 9.17) is 5.73 Å². The van der Waals surface area contributed by atoms with Crippen molar-refractivity contribution in [3.63, 3.8) is 0 Å². The number of carbonyl (C=O) groups excluding carboxylic acids is 1. The van der Waals surface area contributed by atoms with Gasteiger partial charge in [-0.15, -0.1) is 0 Å². The number of likely N-dealkylation sites (tertiary alicyclic amines) is 1. The van der Waals surface area contributed by atoms with E-state index in [-0.39, 0.29) is 17.6 Å². The second kappa shape index (κ2) is 7.77. The molecule has 0 aliphatic carbocycles. The van der Waals surface area contributed by atoms with Crippen molar-refractivity contribution in [3.05, 3.63) is 72.6 Å². The molecular weight excluding hydrogens is 397 g/mol. The normalized spacial score (nSPS) is 16.1. The molecule has 0 spiro atoms. The van der Waals surface area contributed by atoms with E-state index < -0.39 is 5.82 Å². The molecule has 0 radical (unpaired) electrons. The summed E-state index contributed by atoms with van der Waals surface area (Å²) in [6.07, 6.45) is 5.81. The first-order valence-corrected chi connectivity index (χ1v) is 9.95. The van der Waals surface area contributed by atoms with Gasteiger partial charge in [0.15, 0.2) is 0 Å². The fourth-order valence-electron chi connectivity index (χ4n) is 3.64. The van der Waals surface area contributed by atoms with E-state index in [1.165, 1.54) is 6.07 Å². The Kier molecular flexibility index (Phi) is 4.79. The van der Waals surface area contributed by atoms with Gasteiger partial charge in [-0.1, -0.05) is 0 Å². The minimum Gasteiger partial charge on any atom is -0.338 e. The first-order valence-electron chi connectivity index (χ1n) is 9.95. The molecule has 1 amide bonds. The van der Waals surface area contributed by atoms with Crippen LogP contribution in [-0.2, 0) is 0 Å². The summed E-state index contributed by atoms with van der Waals surface area (Å²) in [5, 5.41) is 7.87. The fourth-order valence-corrected chi connectivity index (χ4v) is 3.64. The molecule has 9 heteroatoms. The maximum atomic E-state index is 14.6. The molecule has 31 heavy (non-hydrogen) atoms. The molecule has 1 atom stereocenters. The number of amides is 1. The van der Waals surface area contributed by atoms with Crippen LogP contribution in [0.25, 0.3) is 16.6 Å². The lowest BCUT2D eigenvalue weighted by Crippen LogP contribution is -2.32. The highest BCUT2D eigenvalue weighted by Gasteiger charge is 2.25. The summed E-state index contributed by atoms with van der Waals surface area (Å²) in [5.41, 5.74) is 7.76. The monoisotopic (exact) mass is 417 g/mol. The molecule has 156 valence electrons. The summed E-state index contributed by atoms with van der Waals surface area (Å²) in [6.45, 7) is 1.17. The summed E-state index contributed by atoms with van der Waals surface area (Å²) in [6, 6.07) is 11.8. The van der Waals surface area contributed by atoms with E-state index in [1.54, 1.807) is 58.5 Å². The molecular formula is C22H20FN7O. The number of aromatic nitrogens is 4. The van der Waals surface area contributed by atoms with Crippen LogP contribution in [0, 0.1) is 5.82 Å². The highest BCUT2D eigenvalue weighted by Crippen LogP contribution is 2.24. The molecule has 1 unspecified atom stereocenters. The average Bonchev–Trinajstić information content (AvgIpc) is 3.46. The number of rotatable bonds is 4. The van der Waals surface area contributed by atoms with E-state index in [1.807, 2.05) is 6.07 Å². The number of hydrogen-bond acceptors (Lipinski definition) is 6. The maximum absolute atomic E-state index is 14.6. The average molecular weight is 417 g/mol. The van der Waals surface area contributed by atoms with Gasteiger partial charge in [0.1, 0.15) is 17.3 Å². The number of halogens is 1. The van der Waals surface area contributed by atoms with Crippen molar-refractivity contribution in [1.82, 2.24) is 24.6 Å². The predicted octanol–water partition coefficient (Wildman–Crippen LogP) is 2.87. The standard InChI is InChI=1S/C22H20FN7O/c23-17-10-16(30-8-1-7-26-30)3-5-18(17)28-21-11-20-14(12-25-21)2-4-19(27-20)22(31)29-9-6-15(24)13-29/h1-5,7-8,10-12,15H,6,9,13,24H2,(H,25,28). The Bertz CT molecular complexity index is 1260. The number of nitrogens with two attached hydrogens (primary N) is 1. The van der Waals surface area contributed by atoms with Crippen molar-refractivity contribution < 1.29 is 9.18 Å². The molecule has 4 heterocycles. The first kappa shape index (κ1) is 19.1. The Balaban J connectivity index is 1.40. The highest BCUT2D eigenvalue weighted by atomic mass is 19.1. The van der Waals surface area contributed by atoms with Crippen LogP contribution in [0.2, 0.25) is 0 Å². The Labute approximate surface area is 177 Å². The number of carbonyl (C=O) groups is 1. The number of nitrogens with one attached hydrogen (secondary N) is 1. The lowest BCUT2D eigenvalue weighted by molar-refractivity contribution is 0.0785. The minimum atomic E-state index is -0.433. The van der Waals surface area contributed by atoms with Crippen molar-refractivity contribution in [2.45, 2.75) is 12.5 Å². The van der Waals surface area contributed by atoms with Crippen molar-refractivity contribution in [2.24, 2.45) is 5.73 Å². The van der Waals surface area contributed by atoms with Crippen LogP contribution in [-0.4, -0.2) is 49.7 Å². The summed E-state index contributed by atoms with van der Waals surface area (Å²) < 4.78 is 16.2. The van der Waals surface area contributed by atoms with E-state index in [0.29, 0.717) is 35.8 Å². The number of pyridine rings is 2. The van der Waals surface area contributed by atoms with Crippen LogP contribution in [0.15, 0.2) is 61.1 Å². The van der Waals surface area contributed by atoms with E-state index >= 15 is 0 Å². The number of nitrogens with zero attached hydrogens (tertiary/aromatic N) is 5. The molecule has 1 aromatic carbocycles. The van der Waals surface area contributed by atoms with Gasteiger partial charge < -0.3 is 16.0 Å². The molecule has 4 aromatic rings. The largest absolute Gasteiger partial charge is 0.338 e. The second-order valence-electron chi connectivity index (χ2n) is 7.50. The summed E-state index contributed by atoms with van der Waals surface area (Å²) >= 11 is 0. The third kappa shape index (κ3) is 3.82. The summed E-state index contributed by atoms with van der Waals surface area (Å²) in [7, 11) is 0. The Morgan fingerprint density at radius 2 is 2.13 bits per heavy atom. The van der Waals surface area contributed by atoms with Gasteiger partial charge in [0, 0.05) is 55.2 Å². The molecule has 3 aromatic heterocycles. The predicted molar refractivity (Wildman–Crippen MR) is 115 cm³/mol. The zero-order chi connectivity index (χ0) is 21.4. The third-order valence-electron chi connectivity index (χ3n) is 5.29. The van der Waals surface area contributed by atoms with Gasteiger partial charge in [0.25, 0.3) is 5.91 Å². The van der Waals surface area contributed by atoms with Crippen LogP contribution in [0.4, 0.5) is 15.9 Å². The van der Waals surface area contributed by atoms with Crippen LogP contribution >= 0.6 is 0 Å². The molecule has 5 rings (SSSR count). The topological polar surface area (TPSA) is 102 Å². The van der Waals surface area contributed by atoms with E-state index in [9.17, 15) is 9.18 Å². The molecule has 1 saturated heterocycles.